The first-order chi connectivity index (χ1) is 12.2. The van der Waals surface area contributed by atoms with Gasteiger partial charge in [0.1, 0.15) is 5.75 Å². The monoisotopic (exact) mass is 358 g/mol. The molecule has 1 heterocycles. The molecule has 1 amide bonds. The van der Waals surface area contributed by atoms with Crippen LogP contribution in [0.3, 0.4) is 0 Å². The SMILES string of the molecule is COc1ccnc(C(=O)Nc2cc(C)c(OC(=O)C(C)C)c(C)c2)c1O. The molecule has 0 aliphatic rings. The van der Waals surface area contributed by atoms with Crippen molar-refractivity contribution in [1.29, 1.82) is 0 Å². The first-order valence-corrected chi connectivity index (χ1v) is 8.10. The van der Waals surface area contributed by atoms with Crippen molar-refractivity contribution in [3.8, 4) is 17.2 Å². The summed E-state index contributed by atoms with van der Waals surface area (Å²) in [5.74, 6) is -0.832. The van der Waals surface area contributed by atoms with Gasteiger partial charge >= 0.3 is 5.97 Å². The van der Waals surface area contributed by atoms with Crippen LogP contribution in [-0.2, 0) is 4.79 Å². The largest absolute Gasteiger partial charge is 0.503 e. The molecule has 7 heteroatoms. The summed E-state index contributed by atoms with van der Waals surface area (Å²) in [6, 6.07) is 4.83. The Hall–Kier alpha value is -3.09. The average molecular weight is 358 g/mol. The highest BCUT2D eigenvalue weighted by atomic mass is 16.5. The number of esters is 1. The van der Waals surface area contributed by atoms with Gasteiger partial charge in [-0.25, -0.2) is 4.98 Å². The van der Waals surface area contributed by atoms with Gasteiger partial charge in [0.15, 0.2) is 17.2 Å². The Morgan fingerprint density at radius 1 is 1.19 bits per heavy atom. The third-order valence-corrected chi connectivity index (χ3v) is 3.71. The summed E-state index contributed by atoms with van der Waals surface area (Å²) >= 11 is 0. The van der Waals surface area contributed by atoms with Gasteiger partial charge in [0.25, 0.3) is 5.91 Å². The van der Waals surface area contributed by atoms with Gasteiger partial charge in [0.05, 0.1) is 13.0 Å². The summed E-state index contributed by atoms with van der Waals surface area (Å²) < 4.78 is 10.4. The number of hydrogen-bond donors (Lipinski definition) is 2. The van der Waals surface area contributed by atoms with Crippen molar-refractivity contribution < 1.29 is 24.2 Å². The van der Waals surface area contributed by atoms with E-state index in [4.69, 9.17) is 9.47 Å². The normalized spacial score (nSPS) is 10.5. The van der Waals surface area contributed by atoms with E-state index < -0.39 is 5.91 Å². The van der Waals surface area contributed by atoms with Crippen molar-refractivity contribution in [2.24, 2.45) is 5.92 Å². The lowest BCUT2D eigenvalue weighted by Gasteiger charge is -2.15. The molecule has 0 unspecified atom stereocenters. The van der Waals surface area contributed by atoms with Gasteiger partial charge in [0.2, 0.25) is 0 Å². The molecule has 0 fully saturated rings. The van der Waals surface area contributed by atoms with Crippen molar-refractivity contribution >= 4 is 17.6 Å². The Balaban J connectivity index is 2.25. The second-order valence-corrected chi connectivity index (χ2v) is 6.18. The van der Waals surface area contributed by atoms with Crippen molar-refractivity contribution in [2.45, 2.75) is 27.7 Å². The molecule has 0 saturated heterocycles. The van der Waals surface area contributed by atoms with Crippen LogP contribution in [0.15, 0.2) is 24.4 Å². The summed E-state index contributed by atoms with van der Waals surface area (Å²) in [5.41, 5.74) is 1.77. The molecule has 0 aliphatic heterocycles. The number of methoxy groups -OCH3 is 1. The Morgan fingerprint density at radius 3 is 2.35 bits per heavy atom. The first kappa shape index (κ1) is 19.2. The highest BCUT2D eigenvalue weighted by Gasteiger charge is 2.19. The molecule has 1 aromatic heterocycles. The fraction of sp³-hybridized carbons (Fsp3) is 0.316. The first-order valence-electron chi connectivity index (χ1n) is 8.10. The van der Waals surface area contributed by atoms with Gasteiger partial charge in [0, 0.05) is 18.0 Å². The van der Waals surface area contributed by atoms with E-state index in [9.17, 15) is 14.7 Å². The maximum atomic E-state index is 12.4. The maximum Gasteiger partial charge on any atom is 0.313 e. The minimum Gasteiger partial charge on any atom is -0.503 e. The molecule has 0 radical (unpaired) electrons. The number of ether oxygens (including phenoxy) is 2. The van der Waals surface area contributed by atoms with E-state index in [0.717, 1.165) is 0 Å². The Morgan fingerprint density at radius 2 is 1.81 bits per heavy atom. The number of pyridine rings is 1. The molecule has 2 rings (SSSR count). The Labute approximate surface area is 152 Å². The summed E-state index contributed by atoms with van der Waals surface area (Å²) in [6.07, 6.45) is 1.37. The number of aryl methyl sites for hydroxylation is 2. The predicted octanol–water partition coefficient (Wildman–Crippen LogP) is 3.23. The second kappa shape index (κ2) is 7.86. The third kappa shape index (κ3) is 4.11. The standard InChI is InChI=1S/C19H22N2O5/c1-10(2)19(24)26-17-11(3)8-13(9-12(17)4)21-18(23)15-16(22)14(25-5)6-7-20-15/h6-10,22H,1-5H3,(H,21,23). The summed E-state index contributed by atoms with van der Waals surface area (Å²) in [5, 5.41) is 12.7. The average Bonchev–Trinajstić information content (AvgIpc) is 2.57. The minimum atomic E-state index is -0.577. The fourth-order valence-corrected chi connectivity index (χ4v) is 2.36. The van der Waals surface area contributed by atoms with Gasteiger partial charge in [-0.1, -0.05) is 13.8 Å². The second-order valence-electron chi connectivity index (χ2n) is 6.18. The van der Waals surface area contributed by atoms with Crippen LogP contribution >= 0.6 is 0 Å². The number of aromatic hydroxyl groups is 1. The van der Waals surface area contributed by atoms with Crippen LogP contribution in [0.5, 0.6) is 17.2 Å². The van der Waals surface area contributed by atoms with Crippen molar-refractivity contribution in [3.63, 3.8) is 0 Å². The van der Waals surface area contributed by atoms with E-state index >= 15 is 0 Å². The van der Waals surface area contributed by atoms with Gasteiger partial charge in [-0.3, -0.25) is 9.59 Å². The van der Waals surface area contributed by atoms with E-state index in [1.54, 1.807) is 39.8 Å². The predicted molar refractivity (Wildman–Crippen MR) is 96.8 cm³/mol. The number of hydrogen-bond acceptors (Lipinski definition) is 6. The molecule has 138 valence electrons. The molecular weight excluding hydrogens is 336 g/mol. The van der Waals surface area contributed by atoms with E-state index in [0.29, 0.717) is 22.6 Å². The number of anilines is 1. The topological polar surface area (TPSA) is 97.8 Å². The lowest BCUT2D eigenvalue weighted by atomic mass is 10.1. The van der Waals surface area contributed by atoms with Crippen molar-refractivity contribution in [3.05, 3.63) is 41.2 Å². The summed E-state index contributed by atoms with van der Waals surface area (Å²) in [4.78, 5) is 28.1. The minimum absolute atomic E-state index is 0.144. The zero-order chi connectivity index (χ0) is 19.4. The molecule has 7 nitrogen and oxygen atoms in total. The van der Waals surface area contributed by atoms with E-state index in [2.05, 4.69) is 10.3 Å². The summed E-state index contributed by atoms with van der Waals surface area (Å²) in [6.45, 7) is 7.09. The zero-order valence-corrected chi connectivity index (χ0v) is 15.4. The highest BCUT2D eigenvalue weighted by Crippen LogP contribution is 2.30. The Kier molecular flexibility index (Phi) is 5.82. The van der Waals surface area contributed by atoms with Crippen LogP contribution in [0.4, 0.5) is 5.69 Å². The van der Waals surface area contributed by atoms with Crippen LogP contribution in [-0.4, -0.2) is 29.1 Å². The maximum absolute atomic E-state index is 12.4. The van der Waals surface area contributed by atoms with Crippen LogP contribution in [0.25, 0.3) is 0 Å². The van der Waals surface area contributed by atoms with Gasteiger partial charge < -0.3 is 19.9 Å². The Bertz CT molecular complexity index is 823. The lowest BCUT2D eigenvalue weighted by molar-refractivity contribution is -0.137. The summed E-state index contributed by atoms with van der Waals surface area (Å²) in [7, 11) is 1.39. The number of amides is 1. The van der Waals surface area contributed by atoms with Gasteiger partial charge in [-0.2, -0.15) is 0 Å². The van der Waals surface area contributed by atoms with Crippen LogP contribution in [0.1, 0.15) is 35.5 Å². The molecule has 2 N–H and O–H groups in total. The molecule has 2 aromatic rings. The van der Waals surface area contributed by atoms with Crippen molar-refractivity contribution in [2.75, 3.05) is 12.4 Å². The number of benzene rings is 1. The number of nitrogens with one attached hydrogen (secondary N) is 1. The zero-order valence-electron chi connectivity index (χ0n) is 15.4. The fourth-order valence-electron chi connectivity index (χ4n) is 2.36. The number of aromatic nitrogens is 1. The van der Waals surface area contributed by atoms with Gasteiger partial charge in [-0.05, 0) is 37.1 Å². The number of carbonyl (C=O) groups excluding carboxylic acids is 2. The van der Waals surface area contributed by atoms with Gasteiger partial charge in [-0.15, -0.1) is 0 Å². The molecular formula is C19H22N2O5. The molecule has 0 spiro atoms. The van der Waals surface area contributed by atoms with E-state index in [-0.39, 0.29) is 29.1 Å². The highest BCUT2D eigenvalue weighted by molar-refractivity contribution is 6.05. The number of carbonyl (C=O) groups is 2. The van der Waals surface area contributed by atoms with E-state index in [1.807, 2.05) is 0 Å². The smallest absolute Gasteiger partial charge is 0.313 e. The quantitative estimate of drug-likeness (QED) is 0.629. The molecule has 26 heavy (non-hydrogen) atoms. The molecule has 0 bridgehead atoms. The molecule has 0 atom stereocenters. The molecule has 1 aromatic carbocycles. The lowest BCUT2D eigenvalue weighted by Crippen LogP contribution is -2.17. The van der Waals surface area contributed by atoms with Crippen molar-refractivity contribution in [1.82, 2.24) is 4.98 Å². The van der Waals surface area contributed by atoms with Crippen LogP contribution in [0, 0.1) is 19.8 Å². The molecule has 0 aliphatic carbocycles. The van der Waals surface area contributed by atoms with Crippen LogP contribution < -0.4 is 14.8 Å². The number of nitrogens with zero attached hydrogens (tertiary/aromatic N) is 1. The molecule has 0 saturated carbocycles. The third-order valence-electron chi connectivity index (χ3n) is 3.71. The van der Waals surface area contributed by atoms with E-state index in [1.165, 1.54) is 19.4 Å². The van der Waals surface area contributed by atoms with Crippen LogP contribution in [0.2, 0.25) is 0 Å². The number of rotatable bonds is 5.